The first-order valence-electron chi connectivity index (χ1n) is 10.6. The van der Waals surface area contributed by atoms with Crippen molar-refractivity contribution in [2.45, 2.75) is 25.3 Å². The Kier molecular flexibility index (Phi) is 6.84. The molecule has 0 radical (unpaired) electrons. The van der Waals surface area contributed by atoms with Gasteiger partial charge in [0.05, 0.1) is 26.2 Å². The first kappa shape index (κ1) is 22.7. The molecule has 0 saturated carbocycles. The lowest BCUT2D eigenvalue weighted by Crippen LogP contribution is -2.14. The van der Waals surface area contributed by atoms with Crippen LogP contribution in [0.15, 0.2) is 59.8 Å². The molecule has 0 spiro atoms. The number of benzene rings is 2. The number of aryl methyl sites for hydroxylation is 2. The third-order valence-electron chi connectivity index (χ3n) is 5.26. The Bertz CT molecular complexity index is 1290. The van der Waals surface area contributed by atoms with Crippen LogP contribution in [0.25, 0.3) is 16.8 Å². The first-order valence-corrected chi connectivity index (χ1v) is 11.6. The van der Waals surface area contributed by atoms with E-state index in [1.807, 2.05) is 55.5 Å². The van der Waals surface area contributed by atoms with E-state index >= 15 is 0 Å². The number of rotatable bonds is 8. The van der Waals surface area contributed by atoms with Gasteiger partial charge < -0.3 is 14.8 Å². The Morgan fingerprint density at radius 2 is 1.82 bits per heavy atom. The van der Waals surface area contributed by atoms with E-state index in [0.29, 0.717) is 11.5 Å². The van der Waals surface area contributed by atoms with Crippen LogP contribution in [-0.2, 0) is 11.2 Å². The number of carbonyl (C=O) groups is 1. The van der Waals surface area contributed by atoms with Gasteiger partial charge in [-0.3, -0.25) is 4.79 Å². The fraction of sp³-hybridized carbons (Fsp3) is 0.240. The van der Waals surface area contributed by atoms with Gasteiger partial charge in [0.1, 0.15) is 5.03 Å². The zero-order chi connectivity index (χ0) is 23.4. The van der Waals surface area contributed by atoms with Crippen molar-refractivity contribution in [2.75, 3.05) is 25.3 Å². The van der Waals surface area contributed by atoms with Crippen LogP contribution in [0.3, 0.4) is 0 Å². The van der Waals surface area contributed by atoms with E-state index in [9.17, 15) is 4.79 Å². The van der Waals surface area contributed by atoms with Gasteiger partial charge in [-0.25, -0.2) is 9.50 Å². The third kappa shape index (κ3) is 4.96. The maximum Gasteiger partial charge on any atom is 0.234 e. The van der Waals surface area contributed by atoms with Crippen molar-refractivity contribution in [3.05, 3.63) is 66.0 Å². The summed E-state index contributed by atoms with van der Waals surface area (Å²) in [4.78, 5) is 17.2. The minimum absolute atomic E-state index is 0.0702. The van der Waals surface area contributed by atoms with Crippen LogP contribution >= 0.6 is 11.8 Å². The fourth-order valence-electron chi connectivity index (χ4n) is 3.52. The molecule has 170 valence electrons. The highest BCUT2D eigenvalue weighted by molar-refractivity contribution is 7.99. The largest absolute Gasteiger partial charge is 0.493 e. The van der Waals surface area contributed by atoms with Gasteiger partial charge >= 0.3 is 0 Å². The Labute approximate surface area is 197 Å². The molecule has 0 saturated heterocycles. The number of anilines is 1. The predicted octanol–water partition coefficient (Wildman–Crippen LogP) is 5.02. The van der Waals surface area contributed by atoms with Crippen LogP contribution in [0.1, 0.15) is 18.2 Å². The zero-order valence-electron chi connectivity index (χ0n) is 19.1. The molecule has 4 aromatic rings. The van der Waals surface area contributed by atoms with E-state index in [-0.39, 0.29) is 11.7 Å². The number of carbonyl (C=O) groups excluding carboxylic acids is 1. The second kappa shape index (κ2) is 9.95. The number of ether oxygens (including phenoxy) is 2. The van der Waals surface area contributed by atoms with Crippen LogP contribution in [-0.4, -0.2) is 40.5 Å². The molecular formula is C25H26N4O3S. The van der Waals surface area contributed by atoms with E-state index < -0.39 is 0 Å². The smallest absolute Gasteiger partial charge is 0.234 e. The molecule has 0 unspecified atom stereocenters. The molecule has 0 aliphatic carbocycles. The van der Waals surface area contributed by atoms with E-state index in [2.05, 4.69) is 17.3 Å². The summed E-state index contributed by atoms with van der Waals surface area (Å²) >= 11 is 1.43. The Balaban J connectivity index is 1.55. The van der Waals surface area contributed by atoms with Crippen molar-refractivity contribution in [3.8, 4) is 22.6 Å². The van der Waals surface area contributed by atoms with E-state index in [1.165, 1.54) is 17.3 Å². The van der Waals surface area contributed by atoms with Crippen LogP contribution in [0, 0.1) is 6.92 Å². The molecule has 0 aliphatic heterocycles. The summed E-state index contributed by atoms with van der Waals surface area (Å²) in [5.74, 6) is 1.49. The molecular weight excluding hydrogens is 436 g/mol. The monoisotopic (exact) mass is 462 g/mol. The maximum atomic E-state index is 12.5. The van der Waals surface area contributed by atoms with Gasteiger partial charge in [-0.1, -0.05) is 36.9 Å². The number of methoxy groups -OCH3 is 2. The van der Waals surface area contributed by atoms with E-state index in [0.717, 1.165) is 39.6 Å². The summed E-state index contributed by atoms with van der Waals surface area (Å²) < 4.78 is 12.6. The highest BCUT2D eigenvalue weighted by Gasteiger charge is 2.15. The number of amides is 1. The van der Waals surface area contributed by atoms with Crippen LogP contribution in [0.5, 0.6) is 11.5 Å². The molecule has 0 atom stereocenters. The molecule has 2 heterocycles. The lowest BCUT2D eigenvalue weighted by molar-refractivity contribution is -0.113. The highest BCUT2D eigenvalue weighted by Crippen LogP contribution is 2.34. The van der Waals surface area contributed by atoms with E-state index in [4.69, 9.17) is 14.5 Å². The average molecular weight is 463 g/mol. The quantitative estimate of drug-likeness (QED) is 0.293. The van der Waals surface area contributed by atoms with Crippen molar-refractivity contribution in [1.29, 1.82) is 0 Å². The van der Waals surface area contributed by atoms with Gasteiger partial charge in [0, 0.05) is 16.9 Å². The first-order chi connectivity index (χ1) is 16.0. The van der Waals surface area contributed by atoms with Crippen LogP contribution < -0.4 is 14.8 Å². The van der Waals surface area contributed by atoms with Crippen molar-refractivity contribution in [3.63, 3.8) is 0 Å². The van der Waals surface area contributed by atoms with Crippen molar-refractivity contribution < 1.29 is 14.3 Å². The number of thioether (sulfide) groups is 1. The lowest BCUT2D eigenvalue weighted by Gasteiger charge is -2.10. The van der Waals surface area contributed by atoms with Crippen molar-refractivity contribution >= 4 is 29.0 Å². The number of hydrogen-bond donors (Lipinski definition) is 1. The van der Waals surface area contributed by atoms with Gasteiger partial charge in [-0.2, -0.15) is 5.10 Å². The number of aromatic nitrogens is 3. The van der Waals surface area contributed by atoms with E-state index in [1.54, 1.807) is 24.9 Å². The standard InChI is InChI=1S/C25H26N4O3S/c1-5-17-6-9-19(10-7-17)28-23(30)15-33-24-12-16(2)27-25-20(14-26-29(24)25)18-8-11-21(31-3)22(13-18)32-4/h6-14H,5,15H2,1-4H3,(H,28,30). The van der Waals surface area contributed by atoms with Gasteiger partial charge in [-0.15, -0.1) is 0 Å². The van der Waals surface area contributed by atoms with Crippen LogP contribution in [0.4, 0.5) is 5.69 Å². The molecule has 2 aromatic heterocycles. The van der Waals surface area contributed by atoms with Crippen molar-refractivity contribution in [1.82, 2.24) is 14.6 Å². The SMILES string of the molecule is CCc1ccc(NC(=O)CSc2cc(C)nc3c(-c4ccc(OC)c(OC)c4)cnn23)cc1. The molecule has 0 bridgehead atoms. The third-order valence-corrected chi connectivity index (χ3v) is 6.25. The van der Waals surface area contributed by atoms with Gasteiger partial charge in [0.15, 0.2) is 17.1 Å². The Morgan fingerprint density at radius 3 is 2.52 bits per heavy atom. The normalized spacial score (nSPS) is 10.9. The second-order valence-corrected chi connectivity index (χ2v) is 8.48. The van der Waals surface area contributed by atoms with Gasteiger partial charge in [-0.05, 0) is 54.8 Å². The van der Waals surface area contributed by atoms with Gasteiger partial charge in [0.25, 0.3) is 0 Å². The Hall–Kier alpha value is -3.52. The molecule has 8 heteroatoms. The molecule has 7 nitrogen and oxygen atoms in total. The summed E-state index contributed by atoms with van der Waals surface area (Å²) in [6.45, 7) is 4.04. The van der Waals surface area contributed by atoms with Crippen molar-refractivity contribution in [2.24, 2.45) is 0 Å². The predicted molar refractivity (Wildman–Crippen MR) is 131 cm³/mol. The number of nitrogens with zero attached hydrogens (tertiary/aromatic N) is 3. The summed E-state index contributed by atoms with van der Waals surface area (Å²) in [6, 6.07) is 15.6. The number of fused-ring (bicyclic) bond motifs is 1. The fourth-order valence-corrected chi connectivity index (χ4v) is 4.38. The molecule has 4 rings (SSSR count). The lowest BCUT2D eigenvalue weighted by atomic mass is 10.1. The molecule has 1 N–H and O–H groups in total. The summed E-state index contributed by atoms with van der Waals surface area (Å²) in [5, 5.41) is 8.34. The maximum absolute atomic E-state index is 12.5. The number of nitrogens with one attached hydrogen (secondary N) is 1. The Morgan fingerprint density at radius 1 is 1.06 bits per heavy atom. The molecule has 1 amide bonds. The second-order valence-electron chi connectivity index (χ2n) is 7.49. The average Bonchev–Trinajstić information content (AvgIpc) is 3.26. The van der Waals surface area contributed by atoms with Crippen LogP contribution in [0.2, 0.25) is 0 Å². The molecule has 0 fully saturated rings. The molecule has 2 aromatic carbocycles. The molecule has 0 aliphatic rings. The summed E-state index contributed by atoms with van der Waals surface area (Å²) in [5.41, 5.74) is 5.40. The summed E-state index contributed by atoms with van der Waals surface area (Å²) in [7, 11) is 3.22. The molecule has 33 heavy (non-hydrogen) atoms. The minimum Gasteiger partial charge on any atom is -0.493 e. The number of hydrogen-bond acceptors (Lipinski definition) is 6. The topological polar surface area (TPSA) is 77.8 Å². The van der Waals surface area contributed by atoms with Gasteiger partial charge in [0.2, 0.25) is 5.91 Å². The summed E-state index contributed by atoms with van der Waals surface area (Å²) in [6.07, 6.45) is 2.75. The zero-order valence-corrected chi connectivity index (χ0v) is 19.9. The minimum atomic E-state index is -0.0702. The highest BCUT2D eigenvalue weighted by atomic mass is 32.2.